The summed E-state index contributed by atoms with van der Waals surface area (Å²) in [5.74, 6) is -0.910. The van der Waals surface area contributed by atoms with Crippen molar-refractivity contribution >= 4 is 5.97 Å². The van der Waals surface area contributed by atoms with E-state index in [-0.39, 0.29) is 32.1 Å². The van der Waals surface area contributed by atoms with Crippen LogP contribution in [0.25, 0.3) is 0 Å². The van der Waals surface area contributed by atoms with Crippen molar-refractivity contribution in [3.05, 3.63) is 0 Å². The van der Waals surface area contributed by atoms with Gasteiger partial charge < -0.3 is 10.8 Å². The molecule has 0 radical (unpaired) electrons. The largest absolute Gasteiger partial charge is 0.480 e. The monoisotopic (exact) mass is 207 g/mol. The maximum atomic E-state index is 10.0. The molecule has 0 aromatic rings. The van der Waals surface area contributed by atoms with Gasteiger partial charge in [0.2, 0.25) is 0 Å². The Hall–Kier alpha value is 0.313. The number of rotatable bonds is 2. The van der Waals surface area contributed by atoms with Gasteiger partial charge in [-0.3, -0.25) is 4.79 Å². The van der Waals surface area contributed by atoms with Crippen LogP contribution in [0.3, 0.4) is 0 Å². The second-order valence-electron chi connectivity index (χ2n) is 2.11. The van der Waals surface area contributed by atoms with Crippen molar-refractivity contribution in [2.75, 3.05) is 0 Å². The smallest absolute Gasteiger partial charge is 0.320 e. The van der Waals surface area contributed by atoms with E-state index < -0.39 is 12.0 Å². The minimum atomic E-state index is -0.931. The summed E-state index contributed by atoms with van der Waals surface area (Å²) in [6, 6.07) is -0.713. The predicted octanol–water partition coefficient (Wildman–Crippen LogP) is 0.0518. The van der Waals surface area contributed by atoms with Crippen LogP contribution in [-0.2, 0) is 31.0 Å². The molecule has 0 spiro atoms. The molecular weight excluding hydrogens is 197 g/mol. The third-order valence-corrected chi connectivity index (χ3v) is 1.00. The van der Waals surface area contributed by atoms with Gasteiger partial charge in [0.25, 0.3) is 0 Å². The summed E-state index contributed by atoms with van der Waals surface area (Å²) in [7, 11) is 0. The number of carboxylic acid groups (broad SMARTS) is 1. The fraction of sp³-hybridized carbons (Fsp3) is 0.800. The fourth-order valence-corrected chi connectivity index (χ4v) is 0.285. The minimum absolute atomic E-state index is 0. The quantitative estimate of drug-likeness (QED) is 0.674. The first-order valence-corrected chi connectivity index (χ1v) is 2.54. The molecule has 0 aromatic heterocycles. The average molecular weight is 208 g/mol. The van der Waals surface area contributed by atoms with E-state index in [1.807, 2.05) is 0 Å². The molecule has 0 saturated carbocycles. The van der Waals surface area contributed by atoms with Gasteiger partial charge in [-0.25, -0.2) is 0 Å². The Balaban J connectivity index is 0. The normalized spacial score (nSPS) is 12.4. The van der Waals surface area contributed by atoms with Crippen LogP contribution < -0.4 is 5.73 Å². The predicted molar refractivity (Wildman–Crippen MR) is 30.4 cm³/mol. The summed E-state index contributed by atoms with van der Waals surface area (Å²) in [5.41, 5.74) is 5.16. The van der Waals surface area contributed by atoms with E-state index >= 15 is 0 Å². The van der Waals surface area contributed by atoms with Gasteiger partial charge >= 0.3 is 5.97 Å². The van der Waals surface area contributed by atoms with E-state index in [4.69, 9.17) is 10.8 Å². The van der Waals surface area contributed by atoms with Gasteiger partial charge in [-0.15, -0.1) is 0 Å². The minimum Gasteiger partial charge on any atom is -0.480 e. The number of hydrogen-bond donors (Lipinski definition) is 2. The van der Waals surface area contributed by atoms with Crippen LogP contribution >= 0.6 is 0 Å². The van der Waals surface area contributed by atoms with Crippen LogP contribution in [0.2, 0.25) is 0 Å². The number of aliphatic carboxylic acids is 1. The van der Waals surface area contributed by atoms with Crippen molar-refractivity contribution in [2.24, 2.45) is 11.7 Å². The Bertz CT molecular complexity index is 95.0. The van der Waals surface area contributed by atoms with Crippen molar-refractivity contribution < 1.29 is 36.1 Å². The molecule has 0 saturated heterocycles. The SMILES string of the molecule is CC(C)[C@H](N)C(=O)O.[Zr]. The molecule has 0 aromatic carbocycles. The van der Waals surface area contributed by atoms with Gasteiger partial charge in [0.05, 0.1) is 0 Å². The standard InChI is InChI=1S/C5H11NO2.Zr/c1-3(2)4(6)5(7)8;/h3-4H,6H2,1-2H3,(H,7,8);/t4-;/m0./s1. The summed E-state index contributed by atoms with van der Waals surface area (Å²) >= 11 is 0. The van der Waals surface area contributed by atoms with E-state index in [0.29, 0.717) is 0 Å². The molecule has 0 fully saturated rings. The molecule has 0 unspecified atom stereocenters. The molecule has 0 aliphatic heterocycles. The zero-order valence-electron chi connectivity index (χ0n) is 5.59. The fourth-order valence-electron chi connectivity index (χ4n) is 0.285. The number of carbonyl (C=O) groups is 1. The van der Waals surface area contributed by atoms with E-state index in [2.05, 4.69) is 0 Å². The number of hydrogen-bond acceptors (Lipinski definition) is 2. The van der Waals surface area contributed by atoms with Crippen molar-refractivity contribution in [2.45, 2.75) is 19.9 Å². The molecule has 0 rings (SSSR count). The first-order chi connectivity index (χ1) is 3.55. The molecule has 9 heavy (non-hydrogen) atoms. The van der Waals surface area contributed by atoms with Crippen LogP contribution in [0.5, 0.6) is 0 Å². The molecule has 3 nitrogen and oxygen atoms in total. The van der Waals surface area contributed by atoms with Crippen LogP contribution in [0, 0.1) is 5.92 Å². The van der Waals surface area contributed by atoms with Crippen molar-refractivity contribution in [1.82, 2.24) is 0 Å². The maximum Gasteiger partial charge on any atom is 0.320 e. The summed E-state index contributed by atoms with van der Waals surface area (Å²) in [6.45, 7) is 3.55. The number of nitrogens with two attached hydrogens (primary N) is 1. The van der Waals surface area contributed by atoms with Crippen LogP contribution in [0.15, 0.2) is 0 Å². The molecular formula is C5H11NO2Zr. The third-order valence-electron chi connectivity index (χ3n) is 1.00. The summed E-state index contributed by atoms with van der Waals surface area (Å²) < 4.78 is 0. The first kappa shape index (κ1) is 12.0. The van der Waals surface area contributed by atoms with Gasteiger partial charge in [0.15, 0.2) is 0 Å². The molecule has 1 atom stereocenters. The Morgan fingerprint density at radius 3 is 1.89 bits per heavy atom. The first-order valence-electron chi connectivity index (χ1n) is 2.54. The average Bonchev–Trinajstić information content (AvgIpc) is 1.64. The van der Waals surface area contributed by atoms with E-state index in [0.717, 1.165) is 0 Å². The van der Waals surface area contributed by atoms with E-state index in [1.54, 1.807) is 13.8 Å². The van der Waals surface area contributed by atoms with Gasteiger partial charge in [0.1, 0.15) is 6.04 Å². The zero-order chi connectivity index (χ0) is 6.73. The summed E-state index contributed by atoms with van der Waals surface area (Å²) in [5, 5.41) is 8.23. The van der Waals surface area contributed by atoms with Crippen molar-refractivity contribution in [3.8, 4) is 0 Å². The molecule has 0 aliphatic carbocycles. The van der Waals surface area contributed by atoms with Crippen LogP contribution in [0.4, 0.5) is 0 Å². The van der Waals surface area contributed by atoms with Gasteiger partial charge in [0, 0.05) is 26.2 Å². The molecule has 3 N–H and O–H groups in total. The zero-order valence-corrected chi connectivity index (χ0v) is 8.05. The molecule has 52 valence electrons. The van der Waals surface area contributed by atoms with Crippen LogP contribution in [0.1, 0.15) is 13.8 Å². The van der Waals surface area contributed by atoms with Gasteiger partial charge in [-0.2, -0.15) is 0 Å². The Morgan fingerprint density at radius 1 is 1.56 bits per heavy atom. The van der Waals surface area contributed by atoms with E-state index in [9.17, 15) is 4.79 Å². The Labute approximate surface area is 73.7 Å². The summed E-state index contributed by atoms with van der Waals surface area (Å²) in [4.78, 5) is 10.0. The summed E-state index contributed by atoms with van der Waals surface area (Å²) in [6.07, 6.45) is 0. The molecule has 0 amide bonds. The van der Waals surface area contributed by atoms with Crippen molar-refractivity contribution in [3.63, 3.8) is 0 Å². The molecule has 0 heterocycles. The van der Waals surface area contributed by atoms with Crippen LogP contribution in [-0.4, -0.2) is 17.1 Å². The molecule has 0 aliphatic rings. The van der Waals surface area contributed by atoms with E-state index in [1.165, 1.54) is 0 Å². The second kappa shape index (κ2) is 5.13. The molecule has 0 bridgehead atoms. The molecule has 4 heteroatoms. The Morgan fingerprint density at radius 2 is 1.89 bits per heavy atom. The maximum absolute atomic E-state index is 10.0. The van der Waals surface area contributed by atoms with Crippen molar-refractivity contribution in [1.29, 1.82) is 0 Å². The topological polar surface area (TPSA) is 63.3 Å². The van der Waals surface area contributed by atoms with Gasteiger partial charge in [-0.05, 0) is 5.92 Å². The number of carboxylic acids is 1. The third kappa shape index (κ3) is 4.79. The Kier molecular flexibility index (Phi) is 6.85. The second-order valence-corrected chi connectivity index (χ2v) is 2.11. The van der Waals surface area contributed by atoms with Gasteiger partial charge in [-0.1, -0.05) is 13.8 Å².